The van der Waals surface area contributed by atoms with E-state index in [-0.39, 0.29) is 11.9 Å². The number of rotatable bonds is 6. The summed E-state index contributed by atoms with van der Waals surface area (Å²) in [4.78, 5) is 18.2. The average Bonchev–Trinajstić information content (AvgIpc) is 3.46. The van der Waals surface area contributed by atoms with Crippen LogP contribution in [0.25, 0.3) is 28.5 Å². The van der Waals surface area contributed by atoms with Crippen LogP contribution in [0.15, 0.2) is 65.4 Å². The highest BCUT2D eigenvalue weighted by Crippen LogP contribution is 2.25. The van der Waals surface area contributed by atoms with E-state index in [0.717, 1.165) is 42.0 Å². The van der Waals surface area contributed by atoms with Gasteiger partial charge in [-0.3, -0.25) is 9.69 Å². The molecule has 4 aromatic rings. The highest BCUT2D eigenvalue weighted by Gasteiger charge is 2.33. The third-order valence-corrected chi connectivity index (χ3v) is 5.50. The standard InChI is InChI=1S/C23H22N6O3/c1-31-23(30)18-12-28(13-18)11-15-5-7-16(8-6-15)21-26-22(32-27-21)17-10-25-29(14-17)20-4-2-3-19(24)9-20/h2-10,14,18H,11-13,24H2,1H3. The number of nitrogens with zero attached hydrogens (tertiary/aromatic N) is 5. The van der Waals surface area contributed by atoms with Crippen LogP contribution in [0.2, 0.25) is 0 Å². The van der Waals surface area contributed by atoms with Crippen LogP contribution in [0, 0.1) is 5.92 Å². The molecular formula is C23H22N6O3. The quantitative estimate of drug-likeness (QED) is 0.367. The van der Waals surface area contributed by atoms with E-state index in [1.165, 1.54) is 7.11 Å². The minimum atomic E-state index is -0.136. The molecule has 0 spiro atoms. The number of likely N-dealkylation sites (tertiary alicyclic amines) is 1. The van der Waals surface area contributed by atoms with Gasteiger partial charge < -0.3 is 15.0 Å². The zero-order chi connectivity index (χ0) is 22.1. The third-order valence-electron chi connectivity index (χ3n) is 5.50. The first-order valence-electron chi connectivity index (χ1n) is 10.2. The van der Waals surface area contributed by atoms with E-state index in [1.54, 1.807) is 10.9 Å². The van der Waals surface area contributed by atoms with Crippen LogP contribution in [0.5, 0.6) is 0 Å². The SMILES string of the molecule is COC(=O)C1CN(Cc2ccc(-c3noc(-c4cnn(-c5cccc(N)c5)c4)n3)cc2)C1. The van der Waals surface area contributed by atoms with Crippen LogP contribution in [0.1, 0.15) is 5.56 Å². The first-order chi connectivity index (χ1) is 15.6. The van der Waals surface area contributed by atoms with E-state index in [2.05, 4.69) is 20.1 Å². The second kappa shape index (κ2) is 8.27. The molecule has 0 amide bonds. The van der Waals surface area contributed by atoms with Crippen LogP contribution >= 0.6 is 0 Å². The fourth-order valence-electron chi connectivity index (χ4n) is 3.73. The van der Waals surface area contributed by atoms with Crippen molar-refractivity contribution in [3.8, 4) is 28.5 Å². The van der Waals surface area contributed by atoms with Crippen molar-refractivity contribution in [2.75, 3.05) is 25.9 Å². The Labute approximate surface area is 184 Å². The highest BCUT2D eigenvalue weighted by molar-refractivity contribution is 5.73. The molecule has 2 N–H and O–H groups in total. The zero-order valence-corrected chi connectivity index (χ0v) is 17.5. The van der Waals surface area contributed by atoms with Crippen molar-refractivity contribution >= 4 is 11.7 Å². The molecule has 2 aromatic heterocycles. The Morgan fingerprint density at radius 3 is 2.75 bits per heavy atom. The second-order valence-corrected chi connectivity index (χ2v) is 7.80. The van der Waals surface area contributed by atoms with E-state index in [9.17, 15) is 4.79 Å². The van der Waals surface area contributed by atoms with E-state index in [1.807, 2.05) is 54.7 Å². The van der Waals surface area contributed by atoms with Gasteiger partial charge in [-0.1, -0.05) is 35.5 Å². The molecule has 1 aliphatic heterocycles. The smallest absolute Gasteiger partial charge is 0.311 e. The van der Waals surface area contributed by atoms with E-state index < -0.39 is 0 Å². The van der Waals surface area contributed by atoms with Gasteiger partial charge in [-0.2, -0.15) is 10.1 Å². The number of aromatic nitrogens is 4. The molecule has 9 nitrogen and oxygen atoms in total. The molecule has 1 fully saturated rings. The summed E-state index contributed by atoms with van der Waals surface area (Å²) in [7, 11) is 1.43. The molecule has 1 aliphatic rings. The predicted octanol–water partition coefficient (Wildman–Crippen LogP) is 2.78. The third kappa shape index (κ3) is 3.97. The molecule has 0 radical (unpaired) electrons. The van der Waals surface area contributed by atoms with Gasteiger partial charge >= 0.3 is 5.97 Å². The number of carbonyl (C=O) groups is 1. The second-order valence-electron chi connectivity index (χ2n) is 7.80. The number of methoxy groups -OCH3 is 1. The Morgan fingerprint density at radius 2 is 2.00 bits per heavy atom. The molecule has 1 saturated heterocycles. The number of esters is 1. The Morgan fingerprint density at radius 1 is 1.19 bits per heavy atom. The number of carbonyl (C=O) groups excluding carboxylic acids is 1. The summed E-state index contributed by atoms with van der Waals surface area (Å²) < 4.78 is 11.9. The van der Waals surface area contributed by atoms with Gasteiger partial charge in [0.1, 0.15) is 0 Å². The van der Waals surface area contributed by atoms with Crippen LogP contribution in [0.4, 0.5) is 5.69 Å². The zero-order valence-electron chi connectivity index (χ0n) is 17.5. The van der Waals surface area contributed by atoms with Crippen LogP contribution in [-0.4, -0.2) is 51.0 Å². The van der Waals surface area contributed by atoms with Crippen LogP contribution < -0.4 is 5.73 Å². The molecule has 0 bridgehead atoms. The molecule has 0 saturated carbocycles. The summed E-state index contributed by atoms with van der Waals surface area (Å²) in [6.45, 7) is 2.24. The minimum absolute atomic E-state index is 0.0133. The van der Waals surface area contributed by atoms with Gasteiger partial charge in [0, 0.05) is 37.1 Å². The fourth-order valence-corrected chi connectivity index (χ4v) is 3.73. The van der Waals surface area contributed by atoms with Crippen molar-refractivity contribution in [2.45, 2.75) is 6.54 Å². The average molecular weight is 430 g/mol. The first-order valence-corrected chi connectivity index (χ1v) is 10.2. The van der Waals surface area contributed by atoms with Gasteiger partial charge in [0.05, 0.1) is 30.5 Å². The molecule has 162 valence electrons. The molecule has 5 rings (SSSR count). The molecule has 9 heteroatoms. The fraction of sp³-hybridized carbons (Fsp3) is 0.217. The predicted molar refractivity (Wildman–Crippen MR) is 117 cm³/mol. The van der Waals surface area contributed by atoms with Gasteiger partial charge in [-0.05, 0) is 23.8 Å². The lowest BCUT2D eigenvalue weighted by Crippen LogP contribution is -2.49. The summed E-state index contributed by atoms with van der Waals surface area (Å²) in [6, 6.07) is 15.5. The largest absolute Gasteiger partial charge is 0.469 e. The molecular weight excluding hydrogens is 408 g/mol. The molecule has 0 atom stereocenters. The van der Waals surface area contributed by atoms with Gasteiger partial charge in [-0.15, -0.1) is 0 Å². The monoisotopic (exact) mass is 430 g/mol. The van der Waals surface area contributed by atoms with Gasteiger partial charge in [0.25, 0.3) is 5.89 Å². The van der Waals surface area contributed by atoms with Crippen molar-refractivity contribution in [2.24, 2.45) is 5.92 Å². The molecule has 0 unspecified atom stereocenters. The van der Waals surface area contributed by atoms with Crippen LogP contribution in [-0.2, 0) is 16.1 Å². The topological polar surface area (TPSA) is 112 Å². The maximum Gasteiger partial charge on any atom is 0.311 e. The molecule has 2 aromatic carbocycles. The maximum atomic E-state index is 11.5. The lowest BCUT2D eigenvalue weighted by Gasteiger charge is -2.37. The molecule has 3 heterocycles. The van der Waals surface area contributed by atoms with E-state index in [4.69, 9.17) is 15.0 Å². The van der Waals surface area contributed by atoms with Crippen LogP contribution in [0.3, 0.4) is 0 Å². The summed E-state index contributed by atoms with van der Waals surface area (Å²) in [5.74, 6) is 0.759. The molecule has 0 aliphatic carbocycles. The van der Waals surface area contributed by atoms with E-state index >= 15 is 0 Å². The normalized spacial score (nSPS) is 14.3. The Kier molecular flexibility index (Phi) is 5.16. The minimum Gasteiger partial charge on any atom is -0.469 e. The van der Waals surface area contributed by atoms with Crippen molar-refractivity contribution < 1.29 is 14.1 Å². The number of ether oxygens (including phenoxy) is 1. The van der Waals surface area contributed by atoms with Gasteiger partial charge in [0.15, 0.2) is 0 Å². The highest BCUT2D eigenvalue weighted by atomic mass is 16.5. The van der Waals surface area contributed by atoms with Gasteiger partial charge in [0.2, 0.25) is 5.82 Å². The number of anilines is 1. The summed E-state index contributed by atoms with van der Waals surface area (Å²) in [5.41, 5.74) is 10.1. The Balaban J connectivity index is 1.25. The number of hydrogen-bond acceptors (Lipinski definition) is 8. The number of benzene rings is 2. The maximum absolute atomic E-state index is 11.5. The molecule has 32 heavy (non-hydrogen) atoms. The van der Waals surface area contributed by atoms with Crippen molar-refractivity contribution in [3.63, 3.8) is 0 Å². The van der Waals surface area contributed by atoms with Crippen molar-refractivity contribution in [3.05, 3.63) is 66.5 Å². The number of nitrogen functional groups attached to an aromatic ring is 1. The summed E-state index contributed by atoms with van der Waals surface area (Å²) >= 11 is 0. The Bertz CT molecular complexity index is 1240. The lowest BCUT2D eigenvalue weighted by molar-refractivity contribution is -0.151. The first kappa shape index (κ1) is 20.0. The summed E-state index contributed by atoms with van der Waals surface area (Å²) in [6.07, 6.45) is 3.50. The number of nitrogens with two attached hydrogens (primary N) is 1. The van der Waals surface area contributed by atoms with Crippen molar-refractivity contribution in [1.82, 2.24) is 24.8 Å². The number of hydrogen-bond donors (Lipinski definition) is 1. The summed E-state index contributed by atoms with van der Waals surface area (Å²) in [5, 5.41) is 8.47. The van der Waals surface area contributed by atoms with Gasteiger partial charge in [-0.25, -0.2) is 4.68 Å². The Hall–Kier alpha value is -3.98. The van der Waals surface area contributed by atoms with Crippen molar-refractivity contribution in [1.29, 1.82) is 0 Å². The van der Waals surface area contributed by atoms with E-state index in [0.29, 0.717) is 17.4 Å². The lowest BCUT2D eigenvalue weighted by atomic mass is 9.99.